The summed E-state index contributed by atoms with van der Waals surface area (Å²) in [5.74, 6) is -1.28. The van der Waals surface area contributed by atoms with Crippen LogP contribution in [0, 0.1) is 5.92 Å². The molecule has 2 heterocycles. The number of nitrogens with zero attached hydrogens (tertiary/aromatic N) is 2. The Bertz CT molecular complexity index is 864. The van der Waals surface area contributed by atoms with E-state index in [1.807, 2.05) is 0 Å². The molecule has 0 aliphatic carbocycles. The number of methoxy groups -OCH3 is 1. The molecule has 3 rings (SSSR count). The van der Waals surface area contributed by atoms with Crippen molar-refractivity contribution in [1.82, 2.24) is 4.90 Å². The molecule has 9 heteroatoms. The highest BCUT2D eigenvalue weighted by molar-refractivity contribution is 7.91. The zero-order valence-electron chi connectivity index (χ0n) is 15.3. The van der Waals surface area contributed by atoms with E-state index in [9.17, 15) is 22.8 Å². The number of amides is 2. The number of ether oxygens (including phenoxy) is 1. The number of esters is 1. The molecule has 2 saturated heterocycles. The first kappa shape index (κ1) is 19.3. The van der Waals surface area contributed by atoms with E-state index in [0.29, 0.717) is 17.7 Å². The summed E-state index contributed by atoms with van der Waals surface area (Å²) in [5, 5.41) is 0. The first-order valence-corrected chi connectivity index (χ1v) is 10.5. The predicted octanol–water partition coefficient (Wildman–Crippen LogP) is 0.472. The monoisotopic (exact) mass is 394 g/mol. The lowest BCUT2D eigenvalue weighted by Gasteiger charge is -2.26. The summed E-state index contributed by atoms with van der Waals surface area (Å²) >= 11 is 0. The Morgan fingerprint density at radius 3 is 2.44 bits per heavy atom. The van der Waals surface area contributed by atoms with Gasteiger partial charge < -0.3 is 14.5 Å². The maximum atomic E-state index is 12.7. The molecule has 0 N–H and O–H groups in total. The molecule has 2 aliphatic heterocycles. The van der Waals surface area contributed by atoms with Gasteiger partial charge in [0.1, 0.15) is 0 Å². The molecule has 146 valence electrons. The molecule has 0 aromatic heterocycles. The topological polar surface area (TPSA) is 101 Å². The zero-order valence-corrected chi connectivity index (χ0v) is 16.1. The normalized spacial score (nSPS) is 24.1. The van der Waals surface area contributed by atoms with Crippen LogP contribution in [-0.4, -0.2) is 69.4 Å². The van der Waals surface area contributed by atoms with Gasteiger partial charge in [0, 0.05) is 31.7 Å². The van der Waals surface area contributed by atoms with E-state index in [4.69, 9.17) is 0 Å². The van der Waals surface area contributed by atoms with Crippen molar-refractivity contribution in [3.63, 3.8) is 0 Å². The lowest BCUT2D eigenvalue weighted by Crippen LogP contribution is -2.42. The molecule has 0 radical (unpaired) electrons. The fraction of sp³-hybridized carbons (Fsp3) is 0.500. The van der Waals surface area contributed by atoms with Crippen LogP contribution in [-0.2, 0) is 24.2 Å². The van der Waals surface area contributed by atoms with Gasteiger partial charge >= 0.3 is 5.97 Å². The van der Waals surface area contributed by atoms with Gasteiger partial charge in [-0.3, -0.25) is 9.59 Å². The first-order chi connectivity index (χ1) is 12.7. The van der Waals surface area contributed by atoms with Crippen LogP contribution in [0.3, 0.4) is 0 Å². The van der Waals surface area contributed by atoms with Crippen LogP contribution in [0.15, 0.2) is 24.3 Å². The average molecular weight is 394 g/mol. The minimum absolute atomic E-state index is 0.0192. The molecule has 2 amide bonds. The number of hydrogen-bond donors (Lipinski definition) is 0. The SMILES string of the molecule is COC(=O)c1ccc(N2CC(C(=O)N(C)C3CCS(=O)(=O)C3)CC2=O)cc1. The molecule has 0 saturated carbocycles. The molecule has 2 atom stereocenters. The molecule has 2 unspecified atom stereocenters. The number of benzene rings is 1. The van der Waals surface area contributed by atoms with E-state index >= 15 is 0 Å². The second-order valence-corrected chi connectivity index (χ2v) is 9.18. The highest BCUT2D eigenvalue weighted by atomic mass is 32.2. The summed E-state index contributed by atoms with van der Waals surface area (Å²) in [6, 6.07) is 6.10. The van der Waals surface area contributed by atoms with Crippen LogP contribution in [0.4, 0.5) is 5.69 Å². The highest BCUT2D eigenvalue weighted by Gasteiger charge is 2.40. The van der Waals surface area contributed by atoms with Crippen molar-refractivity contribution in [2.45, 2.75) is 18.9 Å². The molecular weight excluding hydrogens is 372 g/mol. The highest BCUT2D eigenvalue weighted by Crippen LogP contribution is 2.28. The van der Waals surface area contributed by atoms with Crippen molar-refractivity contribution in [2.75, 3.05) is 37.1 Å². The summed E-state index contributed by atoms with van der Waals surface area (Å²) in [7, 11) is -0.187. The van der Waals surface area contributed by atoms with Crippen molar-refractivity contribution in [3.8, 4) is 0 Å². The van der Waals surface area contributed by atoms with Crippen LogP contribution in [0.2, 0.25) is 0 Å². The van der Waals surface area contributed by atoms with Gasteiger partial charge in [0.2, 0.25) is 11.8 Å². The van der Waals surface area contributed by atoms with Gasteiger partial charge in [-0.15, -0.1) is 0 Å². The maximum absolute atomic E-state index is 12.7. The van der Waals surface area contributed by atoms with Crippen LogP contribution >= 0.6 is 0 Å². The predicted molar refractivity (Wildman–Crippen MR) is 98.1 cm³/mol. The third-order valence-corrected chi connectivity index (χ3v) is 6.93. The van der Waals surface area contributed by atoms with E-state index in [0.717, 1.165) is 0 Å². The summed E-state index contributed by atoms with van der Waals surface area (Å²) in [5.41, 5.74) is 0.983. The van der Waals surface area contributed by atoms with Crippen molar-refractivity contribution in [1.29, 1.82) is 0 Å². The van der Waals surface area contributed by atoms with Crippen LogP contribution in [0.5, 0.6) is 0 Å². The molecule has 0 spiro atoms. The Labute approximate surface area is 158 Å². The summed E-state index contributed by atoms with van der Waals surface area (Å²) < 4.78 is 27.9. The smallest absolute Gasteiger partial charge is 0.337 e. The molecule has 1 aromatic rings. The van der Waals surface area contributed by atoms with Gasteiger partial charge in [-0.2, -0.15) is 0 Å². The third-order valence-electron chi connectivity index (χ3n) is 5.18. The molecule has 1 aromatic carbocycles. The summed E-state index contributed by atoms with van der Waals surface area (Å²) in [4.78, 5) is 39.6. The summed E-state index contributed by atoms with van der Waals surface area (Å²) in [6.45, 7) is 0.235. The van der Waals surface area contributed by atoms with Gasteiger partial charge in [-0.25, -0.2) is 13.2 Å². The van der Waals surface area contributed by atoms with Gasteiger partial charge in [0.25, 0.3) is 0 Å². The van der Waals surface area contributed by atoms with Crippen LogP contribution in [0.25, 0.3) is 0 Å². The minimum atomic E-state index is -3.08. The number of hydrogen-bond acceptors (Lipinski definition) is 6. The van der Waals surface area contributed by atoms with Gasteiger partial charge in [0.15, 0.2) is 9.84 Å². The van der Waals surface area contributed by atoms with Crippen LogP contribution in [0.1, 0.15) is 23.2 Å². The van der Waals surface area contributed by atoms with Crippen molar-refractivity contribution in [2.24, 2.45) is 5.92 Å². The van der Waals surface area contributed by atoms with Gasteiger partial charge in [-0.1, -0.05) is 0 Å². The zero-order chi connectivity index (χ0) is 19.8. The van der Waals surface area contributed by atoms with Crippen LogP contribution < -0.4 is 4.90 Å². The van der Waals surface area contributed by atoms with E-state index in [1.54, 1.807) is 31.3 Å². The fourth-order valence-electron chi connectivity index (χ4n) is 3.57. The maximum Gasteiger partial charge on any atom is 0.337 e. The molecule has 8 nitrogen and oxygen atoms in total. The van der Waals surface area contributed by atoms with Gasteiger partial charge in [-0.05, 0) is 30.7 Å². The number of rotatable bonds is 4. The number of sulfone groups is 1. The second-order valence-electron chi connectivity index (χ2n) is 6.95. The quantitative estimate of drug-likeness (QED) is 0.688. The third kappa shape index (κ3) is 3.97. The number of carbonyl (C=O) groups excluding carboxylic acids is 3. The molecule has 0 bridgehead atoms. The van der Waals surface area contributed by atoms with Crippen molar-refractivity contribution in [3.05, 3.63) is 29.8 Å². The van der Waals surface area contributed by atoms with E-state index in [2.05, 4.69) is 4.74 Å². The fourth-order valence-corrected chi connectivity index (χ4v) is 5.34. The Morgan fingerprint density at radius 1 is 1.22 bits per heavy atom. The summed E-state index contributed by atoms with van der Waals surface area (Å²) in [6.07, 6.45) is 0.519. The molecule has 27 heavy (non-hydrogen) atoms. The Morgan fingerprint density at radius 2 is 1.89 bits per heavy atom. The lowest BCUT2D eigenvalue weighted by atomic mass is 10.1. The van der Waals surface area contributed by atoms with Crippen molar-refractivity contribution < 1.29 is 27.5 Å². The Hall–Kier alpha value is -2.42. The second kappa shape index (κ2) is 7.30. The molecule has 2 aliphatic rings. The Kier molecular flexibility index (Phi) is 5.23. The first-order valence-electron chi connectivity index (χ1n) is 8.67. The molecule has 2 fully saturated rings. The van der Waals surface area contributed by atoms with Gasteiger partial charge in [0.05, 0.1) is 30.1 Å². The van der Waals surface area contributed by atoms with E-state index < -0.39 is 21.7 Å². The lowest BCUT2D eigenvalue weighted by molar-refractivity contribution is -0.136. The van der Waals surface area contributed by atoms with Crippen molar-refractivity contribution >= 4 is 33.3 Å². The average Bonchev–Trinajstić information content (AvgIpc) is 3.22. The largest absolute Gasteiger partial charge is 0.465 e. The van der Waals surface area contributed by atoms with E-state index in [1.165, 1.54) is 16.9 Å². The number of carbonyl (C=O) groups is 3. The Balaban J connectivity index is 1.68. The number of anilines is 1. The minimum Gasteiger partial charge on any atom is -0.465 e. The van der Waals surface area contributed by atoms with E-state index in [-0.39, 0.29) is 42.3 Å². The molecular formula is C18H22N2O6S. The standard InChI is InChI=1S/C18H22N2O6S/c1-19(15-7-8-27(24,25)11-15)17(22)13-9-16(21)20(10-13)14-5-3-12(4-6-14)18(23)26-2/h3-6,13,15H,7-11H2,1-2H3.